The second-order valence-corrected chi connectivity index (χ2v) is 7.55. The second kappa shape index (κ2) is 7.54. The largest absolute Gasteiger partial charge is 0.306 e. The van der Waals surface area contributed by atoms with E-state index in [4.69, 9.17) is 11.6 Å². The van der Waals surface area contributed by atoms with Crippen LogP contribution in [-0.4, -0.2) is 0 Å². The summed E-state index contributed by atoms with van der Waals surface area (Å²) < 4.78 is 0. The number of benzene rings is 4. The molecule has 0 aromatic heterocycles. The maximum Gasteiger partial charge on any atom is 0.0991 e. The van der Waals surface area contributed by atoms with Crippen LogP contribution in [0.4, 0.5) is 34.1 Å². The molecule has 0 N–H and O–H groups in total. The summed E-state index contributed by atoms with van der Waals surface area (Å²) >= 11 is 6.41. The predicted octanol–water partition coefficient (Wildman–Crippen LogP) is 7.34. The summed E-state index contributed by atoms with van der Waals surface area (Å²) in [5.41, 5.74) is 7.02. The lowest BCUT2D eigenvalue weighted by Gasteiger charge is -2.40. The Morgan fingerprint density at radius 3 is 1.48 bits per heavy atom. The van der Waals surface area contributed by atoms with Gasteiger partial charge in [0.05, 0.1) is 46.0 Å². The number of halogens is 1. The molecule has 4 aromatic carbocycles. The molecule has 0 aliphatic carbocycles. The van der Waals surface area contributed by atoms with Crippen LogP contribution in [0.2, 0.25) is 5.02 Å². The first-order chi connectivity index (χ1) is 15.2. The van der Waals surface area contributed by atoms with Crippen LogP contribution < -0.4 is 9.80 Å². The third-order valence-electron chi connectivity index (χ3n) is 5.29. The highest BCUT2D eigenvalue weighted by molar-refractivity contribution is 6.31. The van der Waals surface area contributed by atoms with Gasteiger partial charge in [0.1, 0.15) is 0 Å². The van der Waals surface area contributed by atoms with E-state index < -0.39 is 0 Å². The SMILES string of the molecule is N#Cc1ccc(N2c3ccccc3N(c3ccc(C#N)cc3)c3cc(Cl)ccc32)cc1. The van der Waals surface area contributed by atoms with Crippen molar-refractivity contribution in [1.82, 2.24) is 0 Å². The van der Waals surface area contributed by atoms with Gasteiger partial charge in [0.2, 0.25) is 0 Å². The van der Waals surface area contributed by atoms with Crippen molar-refractivity contribution in [3.63, 3.8) is 0 Å². The molecule has 0 bridgehead atoms. The Morgan fingerprint density at radius 2 is 1.00 bits per heavy atom. The molecule has 1 aliphatic rings. The Balaban J connectivity index is 1.75. The van der Waals surface area contributed by atoms with Crippen molar-refractivity contribution in [2.45, 2.75) is 0 Å². The number of hydrogen-bond donors (Lipinski definition) is 0. The number of fused-ring (bicyclic) bond motifs is 2. The first kappa shape index (κ1) is 18.8. The summed E-state index contributed by atoms with van der Waals surface area (Å²) in [4.78, 5) is 4.32. The molecule has 0 spiro atoms. The lowest BCUT2D eigenvalue weighted by Crippen LogP contribution is -2.23. The summed E-state index contributed by atoms with van der Waals surface area (Å²) in [5, 5.41) is 19.0. The summed E-state index contributed by atoms with van der Waals surface area (Å²) in [6.07, 6.45) is 0. The maximum atomic E-state index is 9.18. The third-order valence-corrected chi connectivity index (χ3v) is 5.53. The molecule has 0 unspecified atom stereocenters. The van der Waals surface area contributed by atoms with E-state index in [1.807, 2.05) is 78.9 Å². The number of hydrogen-bond acceptors (Lipinski definition) is 4. The predicted molar refractivity (Wildman–Crippen MR) is 124 cm³/mol. The van der Waals surface area contributed by atoms with Crippen molar-refractivity contribution in [2.75, 3.05) is 9.80 Å². The van der Waals surface area contributed by atoms with E-state index in [0.29, 0.717) is 16.1 Å². The molecule has 5 rings (SSSR count). The standard InChI is InChI=1S/C26H15ClN4/c27-20-9-14-25-26(15-20)31(22-12-7-19(17-29)8-13-22)24-4-2-1-3-23(24)30(25)21-10-5-18(16-28)6-11-21/h1-15H. The van der Waals surface area contributed by atoms with E-state index in [0.717, 1.165) is 34.1 Å². The minimum Gasteiger partial charge on any atom is -0.306 e. The highest BCUT2D eigenvalue weighted by Gasteiger charge is 2.30. The Labute approximate surface area is 185 Å². The molecule has 0 saturated heterocycles. The fraction of sp³-hybridized carbons (Fsp3) is 0. The van der Waals surface area contributed by atoms with Gasteiger partial charge in [-0.2, -0.15) is 10.5 Å². The lowest BCUT2D eigenvalue weighted by molar-refractivity contribution is 1.17. The van der Waals surface area contributed by atoms with Crippen LogP contribution in [0.15, 0.2) is 91.0 Å². The van der Waals surface area contributed by atoms with Gasteiger partial charge in [0, 0.05) is 16.4 Å². The quantitative estimate of drug-likeness (QED) is 0.301. The monoisotopic (exact) mass is 418 g/mol. The topological polar surface area (TPSA) is 54.1 Å². The average molecular weight is 419 g/mol. The van der Waals surface area contributed by atoms with Crippen molar-refractivity contribution < 1.29 is 0 Å². The molecule has 0 amide bonds. The Hall–Kier alpha value is -4.25. The molecule has 5 heteroatoms. The molecule has 1 heterocycles. The van der Waals surface area contributed by atoms with Crippen LogP contribution >= 0.6 is 11.6 Å². The molecule has 1 aliphatic heterocycles. The van der Waals surface area contributed by atoms with E-state index in [2.05, 4.69) is 34.1 Å². The van der Waals surface area contributed by atoms with Crippen LogP contribution in [-0.2, 0) is 0 Å². The van der Waals surface area contributed by atoms with Gasteiger partial charge >= 0.3 is 0 Å². The number of nitriles is 2. The lowest BCUT2D eigenvalue weighted by atomic mass is 10.0. The minimum absolute atomic E-state index is 0.611. The first-order valence-corrected chi connectivity index (χ1v) is 10.1. The zero-order valence-corrected chi connectivity index (χ0v) is 17.1. The number of nitrogens with zero attached hydrogens (tertiary/aromatic N) is 4. The van der Waals surface area contributed by atoms with Gasteiger partial charge < -0.3 is 9.80 Å². The van der Waals surface area contributed by atoms with Crippen LogP contribution in [0.5, 0.6) is 0 Å². The van der Waals surface area contributed by atoms with Gasteiger partial charge in [-0.25, -0.2) is 0 Å². The molecule has 31 heavy (non-hydrogen) atoms. The van der Waals surface area contributed by atoms with Gasteiger partial charge in [-0.3, -0.25) is 0 Å². The summed E-state index contributed by atoms with van der Waals surface area (Å²) in [6, 6.07) is 33.4. The number of para-hydroxylation sites is 2. The molecular weight excluding hydrogens is 404 g/mol. The molecule has 0 radical (unpaired) electrons. The van der Waals surface area contributed by atoms with Crippen molar-refractivity contribution >= 4 is 45.7 Å². The van der Waals surface area contributed by atoms with Gasteiger partial charge in [-0.05, 0) is 78.9 Å². The van der Waals surface area contributed by atoms with Gasteiger partial charge in [0.25, 0.3) is 0 Å². The van der Waals surface area contributed by atoms with Gasteiger partial charge in [-0.1, -0.05) is 23.7 Å². The van der Waals surface area contributed by atoms with Crippen molar-refractivity contribution in [1.29, 1.82) is 10.5 Å². The minimum atomic E-state index is 0.611. The van der Waals surface area contributed by atoms with Crippen molar-refractivity contribution in [3.05, 3.63) is 107 Å². The van der Waals surface area contributed by atoms with Gasteiger partial charge in [-0.15, -0.1) is 0 Å². The summed E-state index contributed by atoms with van der Waals surface area (Å²) in [7, 11) is 0. The van der Waals surface area contributed by atoms with E-state index >= 15 is 0 Å². The van der Waals surface area contributed by atoms with E-state index in [1.54, 1.807) is 0 Å². The molecule has 146 valence electrons. The third kappa shape index (κ3) is 3.16. The van der Waals surface area contributed by atoms with Crippen molar-refractivity contribution in [3.8, 4) is 12.1 Å². The number of rotatable bonds is 2. The van der Waals surface area contributed by atoms with Crippen LogP contribution in [0.1, 0.15) is 11.1 Å². The maximum absolute atomic E-state index is 9.18. The van der Waals surface area contributed by atoms with Crippen LogP contribution in [0.3, 0.4) is 0 Å². The molecule has 4 nitrogen and oxygen atoms in total. The fourth-order valence-corrected chi connectivity index (χ4v) is 4.06. The molecule has 0 fully saturated rings. The Kier molecular flexibility index (Phi) is 4.56. The summed E-state index contributed by atoms with van der Waals surface area (Å²) in [5.74, 6) is 0. The summed E-state index contributed by atoms with van der Waals surface area (Å²) in [6.45, 7) is 0. The first-order valence-electron chi connectivity index (χ1n) is 9.69. The normalized spacial score (nSPS) is 11.8. The molecule has 0 atom stereocenters. The van der Waals surface area contributed by atoms with Crippen LogP contribution in [0.25, 0.3) is 0 Å². The highest BCUT2D eigenvalue weighted by atomic mass is 35.5. The van der Waals surface area contributed by atoms with Gasteiger partial charge in [0.15, 0.2) is 0 Å². The highest BCUT2D eigenvalue weighted by Crippen LogP contribution is 2.54. The molecular formula is C26H15ClN4. The average Bonchev–Trinajstić information content (AvgIpc) is 2.83. The zero-order valence-electron chi connectivity index (χ0n) is 16.3. The van der Waals surface area contributed by atoms with Crippen molar-refractivity contribution in [2.24, 2.45) is 0 Å². The molecule has 4 aromatic rings. The van der Waals surface area contributed by atoms with Crippen LogP contribution in [0, 0.1) is 22.7 Å². The fourth-order valence-electron chi connectivity index (χ4n) is 3.89. The Bertz CT molecular complexity index is 1360. The zero-order chi connectivity index (χ0) is 21.4. The Morgan fingerprint density at radius 1 is 0.548 bits per heavy atom. The van der Waals surface area contributed by atoms with E-state index in [-0.39, 0.29) is 0 Å². The molecule has 0 saturated carbocycles. The second-order valence-electron chi connectivity index (χ2n) is 7.11. The number of anilines is 6. The smallest absolute Gasteiger partial charge is 0.0991 e. The van der Waals surface area contributed by atoms with E-state index in [9.17, 15) is 10.5 Å². The van der Waals surface area contributed by atoms with E-state index in [1.165, 1.54) is 0 Å².